The average Bonchev–Trinajstić information content (AvgIpc) is 3.20. The van der Waals surface area contributed by atoms with Gasteiger partial charge in [0.25, 0.3) is 0 Å². The van der Waals surface area contributed by atoms with Crippen LogP contribution in [0.25, 0.3) is 0 Å². The monoisotopic (exact) mass is 408 g/mol. The zero-order chi connectivity index (χ0) is 21.1. The number of amides is 1. The van der Waals surface area contributed by atoms with Gasteiger partial charge in [-0.1, -0.05) is 0 Å². The summed E-state index contributed by atoms with van der Waals surface area (Å²) >= 11 is 0. The number of pyridine rings is 1. The van der Waals surface area contributed by atoms with E-state index < -0.39 is 0 Å². The van der Waals surface area contributed by atoms with Crippen molar-refractivity contribution in [1.29, 1.82) is 0 Å². The largest absolute Gasteiger partial charge is 0.341 e. The summed E-state index contributed by atoms with van der Waals surface area (Å²) in [7, 11) is 0. The lowest BCUT2D eigenvalue weighted by atomic mass is 9.93. The Kier molecular flexibility index (Phi) is 6.27. The zero-order valence-corrected chi connectivity index (χ0v) is 18.3. The van der Waals surface area contributed by atoms with Gasteiger partial charge in [-0.3, -0.25) is 14.7 Å². The molecule has 2 aliphatic rings. The second-order valence-electron chi connectivity index (χ2n) is 8.68. The normalized spacial score (nSPS) is 19.8. The van der Waals surface area contributed by atoms with Crippen molar-refractivity contribution in [2.45, 2.75) is 52.4 Å². The molecule has 30 heavy (non-hydrogen) atoms. The molecule has 0 aliphatic carbocycles. The van der Waals surface area contributed by atoms with Crippen LogP contribution in [0.3, 0.4) is 0 Å². The van der Waals surface area contributed by atoms with Crippen LogP contribution in [0.1, 0.15) is 54.4 Å². The summed E-state index contributed by atoms with van der Waals surface area (Å²) in [4.78, 5) is 30.9. The van der Waals surface area contributed by atoms with Crippen LogP contribution < -0.4 is 5.32 Å². The van der Waals surface area contributed by atoms with Gasteiger partial charge in [-0.2, -0.15) is 0 Å². The summed E-state index contributed by atoms with van der Waals surface area (Å²) < 4.78 is 0. The van der Waals surface area contributed by atoms with Crippen molar-refractivity contribution >= 4 is 17.5 Å². The highest BCUT2D eigenvalue weighted by atomic mass is 16.2. The van der Waals surface area contributed by atoms with Crippen LogP contribution in [0.15, 0.2) is 18.2 Å². The number of aromatic nitrogens is 3. The number of hydrogen-bond donors (Lipinski definition) is 1. The molecule has 2 aromatic heterocycles. The lowest BCUT2D eigenvalue weighted by Gasteiger charge is -2.33. The molecule has 0 radical (unpaired) electrons. The predicted octanol–water partition coefficient (Wildman–Crippen LogP) is 3.34. The van der Waals surface area contributed by atoms with Crippen molar-refractivity contribution in [2.75, 3.05) is 38.0 Å². The van der Waals surface area contributed by atoms with Crippen molar-refractivity contribution < 1.29 is 4.79 Å². The van der Waals surface area contributed by atoms with Gasteiger partial charge in [-0.05, 0) is 77.7 Å². The van der Waals surface area contributed by atoms with E-state index in [0.29, 0.717) is 12.5 Å². The van der Waals surface area contributed by atoms with Crippen LogP contribution in [-0.4, -0.2) is 63.4 Å². The van der Waals surface area contributed by atoms with E-state index in [4.69, 9.17) is 4.98 Å². The highest BCUT2D eigenvalue weighted by Gasteiger charge is 2.27. The lowest BCUT2D eigenvalue weighted by Crippen LogP contribution is -2.44. The van der Waals surface area contributed by atoms with Gasteiger partial charge in [-0.15, -0.1) is 0 Å². The van der Waals surface area contributed by atoms with E-state index >= 15 is 0 Å². The molecule has 4 rings (SSSR count). The third-order valence-corrected chi connectivity index (χ3v) is 5.96. The predicted molar refractivity (Wildman–Crippen MR) is 118 cm³/mol. The minimum atomic E-state index is 0.260. The van der Waals surface area contributed by atoms with E-state index in [1.807, 2.05) is 37.8 Å². The summed E-state index contributed by atoms with van der Waals surface area (Å²) in [6.07, 6.45) is 4.50. The molecule has 2 saturated heterocycles. The molecule has 1 atom stereocenters. The Labute approximate surface area is 178 Å². The number of piperidine rings is 1. The van der Waals surface area contributed by atoms with Gasteiger partial charge in [-0.25, -0.2) is 9.97 Å². The van der Waals surface area contributed by atoms with Crippen molar-refractivity contribution in [3.8, 4) is 0 Å². The second-order valence-corrected chi connectivity index (χ2v) is 8.68. The number of rotatable bonds is 5. The first-order chi connectivity index (χ1) is 14.5. The van der Waals surface area contributed by atoms with Gasteiger partial charge in [0, 0.05) is 47.5 Å². The van der Waals surface area contributed by atoms with Gasteiger partial charge >= 0.3 is 0 Å². The van der Waals surface area contributed by atoms with E-state index in [2.05, 4.69) is 26.3 Å². The van der Waals surface area contributed by atoms with Crippen molar-refractivity contribution in [2.24, 2.45) is 0 Å². The van der Waals surface area contributed by atoms with E-state index in [1.165, 1.54) is 12.8 Å². The second kappa shape index (κ2) is 9.08. The number of aryl methyl sites for hydroxylation is 3. The first kappa shape index (κ1) is 20.7. The van der Waals surface area contributed by atoms with E-state index in [-0.39, 0.29) is 11.8 Å². The molecule has 2 aromatic rings. The topological polar surface area (TPSA) is 74.2 Å². The van der Waals surface area contributed by atoms with E-state index in [9.17, 15) is 4.79 Å². The molecule has 0 bridgehead atoms. The summed E-state index contributed by atoms with van der Waals surface area (Å²) in [5.41, 5.74) is 4.83. The Morgan fingerprint density at radius 2 is 1.67 bits per heavy atom. The number of hydrogen-bond acceptors (Lipinski definition) is 6. The average molecular weight is 409 g/mol. The van der Waals surface area contributed by atoms with Crippen LogP contribution in [0.2, 0.25) is 0 Å². The molecule has 0 aromatic carbocycles. The van der Waals surface area contributed by atoms with Gasteiger partial charge in [0.05, 0.1) is 6.54 Å². The van der Waals surface area contributed by atoms with Gasteiger partial charge in [0.2, 0.25) is 11.9 Å². The van der Waals surface area contributed by atoms with Gasteiger partial charge in [0.15, 0.2) is 0 Å². The molecule has 7 heteroatoms. The van der Waals surface area contributed by atoms with E-state index in [1.54, 1.807) is 0 Å². The van der Waals surface area contributed by atoms with Gasteiger partial charge in [0.1, 0.15) is 0 Å². The molecule has 160 valence electrons. The molecular weight excluding hydrogens is 376 g/mol. The molecule has 7 nitrogen and oxygen atoms in total. The summed E-state index contributed by atoms with van der Waals surface area (Å²) in [6.45, 7) is 10.2. The van der Waals surface area contributed by atoms with Crippen LogP contribution in [0.4, 0.5) is 11.6 Å². The number of carbonyl (C=O) groups excluding carboxylic acids is 1. The van der Waals surface area contributed by atoms with Crippen LogP contribution in [0.5, 0.6) is 0 Å². The SMILES string of the molecule is Cc1cc(Nc2nc(C)cc(C)n2)cc([C@@H]2CCCN(C(=O)CN3CCCC3)C2)n1. The number of likely N-dealkylation sites (tertiary alicyclic amines) is 2. The smallest absolute Gasteiger partial charge is 0.236 e. The number of nitrogens with one attached hydrogen (secondary N) is 1. The minimum absolute atomic E-state index is 0.260. The molecule has 2 aliphatic heterocycles. The van der Waals surface area contributed by atoms with Crippen LogP contribution in [0, 0.1) is 20.8 Å². The number of anilines is 2. The van der Waals surface area contributed by atoms with Crippen LogP contribution in [-0.2, 0) is 4.79 Å². The highest BCUT2D eigenvalue weighted by molar-refractivity contribution is 5.78. The Morgan fingerprint density at radius 3 is 2.40 bits per heavy atom. The molecule has 0 saturated carbocycles. The maximum Gasteiger partial charge on any atom is 0.236 e. The first-order valence-corrected chi connectivity index (χ1v) is 11.0. The van der Waals surface area contributed by atoms with Crippen molar-refractivity contribution in [3.63, 3.8) is 0 Å². The number of nitrogens with zero attached hydrogens (tertiary/aromatic N) is 5. The number of carbonyl (C=O) groups is 1. The quantitative estimate of drug-likeness (QED) is 0.818. The summed E-state index contributed by atoms with van der Waals surface area (Å²) in [5.74, 6) is 1.13. The van der Waals surface area contributed by atoms with Crippen molar-refractivity contribution in [3.05, 3.63) is 41.0 Å². The fraction of sp³-hybridized carbons (Fsp3) is 0.565. The maximum absolute atomic E-state index is 12.8. The molecule has 1 N–H and O–H groups in total. The fourth-order valence-corrected chi connectivity index (χ4v) is 4.56. The standard InChI is InChI=1S/C23H32N6O/c1-16-11-17(2)26-23(25-16)27-20-12-18(3)24-21(13-20)19-7-6-10-29(14-19)22(30)15-28-8-4-5-9-28/h11-13,19H,4-10,14-15H2,1-3H3,(H,24,25,26,27)/t19-/m1/s1. The molecule has 0 spiro atoms. The molecule has 4 heterocycles. The van der Waals surface area contributed by atoms with Gasteiger partial charge < -0.3 is 10.2 Å². The van der Waals surface area contributed by atoms with Crippen molar-refractivity contribution in [1.82, 2.24) is 24.8 Å². The molecule has 0 unspecified atom stereocenters. The first-order valence-electron chi connectivity index (χ1n) is 11.0. The third kappa shape index (κ3) is 5.14. The van der Waals surface area contributed by atoms with E-state index in [0.717, 1.165) is 67.5 Å². The minimum Gasteiger partial charge on any atom is -0.341 e. The Morgan fingerprint density at radius 1 is 0.967 bits per heavy atom. The summed E-state index contributed by atoms with van der Waals surface area (Å²) in [6, 6.07) is 6.07. The highest BCUT2D eigenvalue weighted by Crippen LogP contribution is 2.28. The Hall–Kier alpha value is -2.54. The van der Waals surface area contributed by atoms with Crippen LogP contribution >= 0.6 is 0 Å². The Bertz CT molecular complexity index is 888. The third-order valence-electron chi connectivity index (χ3n) is 5.96. The Balaban J connectivity index is 1.46. The summed E-state index contributed by atoms with van der Waals surface area (Å²) in [5, 5.41) is 3.34. The zero-order valence-electron chi connectivity index (χ0n) is 18.3. The maximum atomic E-state index is 12.8. The lowest BCUT2D eigenvalue weighted by molar-refractivity contribution is -0.133. The molecule has 2 fully saturated rings. The molecular formula is C23H32N6O. The fourth-order valence-electron chi connectivity index (χ4n) is 4.56. The molecule has 1 amide bonds.